The lowest BCUT2D eigenvalue weighted by molar-refractivity contribution is -0.00686. The highest BCUT2D eigenvalue weighted by Crippen LogP contribution is 2.25. The number of nitrogens with zero attached hydrogens (tertiary/aromatic N) is 2. The molecule has 0 fully saturated rings. The van der Waals surface area contributed by atoms with Crippen molar-refractivity contribution >= 4 is 21.0 Å². The predicted octanol–water partition coefficient (Wildman–Crippen LogP) is 3.67. The second-order valence-electron chi connectivity index (χ2n) is 7.61. The first-order valence-electron chi connectivity index (χ1n) is 9.15. The Hall–Kier alpha value is -3.16. The van der Waals surface area contributed by atoms with Gasteiger partial charge in [0.1, 0.15) is 11.4 Å². The first-order chi connectivity index (χ1) is 14.0. The maximum Gasteiger partial charge on any atom is 0.412 e. The molecule has 2 rings (SSSR count). The van der Waals surface area contributed by atoms with Crippen LogP contribution in [-0.4, -0.2) is 37.1 Å². The van der Waals surface area contributed by atoms with Crippen LogP contribution in [0.3, 0.4) is 0 Å². The number of amides is 1. The summed E-state index contributed by atoms with van der Waals surface area (Å²) in [6.07, 6.45) is -0.858. The van der Waals surface area contributed by atoms with Crippen molar-refractivity contribution in [1.29, 1.82) is 0 Å². The lowest BCUT2D eigenvalue weighted by Crippen LogP contribution is -2.40. The number of rotatable bonds is 5. The van der Waals surface area contributed by atoms with Gasteiger partial charge < -0.3 is 20.3 Å². The number of nitrogens with one attached hydrogen (secondary N) is 1. The highest BCUT2D eigenvalue weighted by molar-refractivity contribution is 8.06. The number of aryl methyl sites for hydroxylation is 1. The topological polar surface area (TPSA) is 118 Å². The van der Waals surface area contributed by atoms with E-state index in [1.807, 2.05) is 6.92 Å². The van der Waals surface area contributed by atoms with Crippen LogP contribution in [0.1, 0.15) is 37.9 Å². The highest BCUT2D eigenvalue weighted by Gasteiger charge is 2.41. The van der Waals surface area contributed by atoms with Crippen LogP contribution >= 0.6 is 0 Å². The van der Waals surface area contributed by atoms with Crippen molar-refractivity contribution < 1.29 is 27.5 Å². The Balaban J connectivity index is 2.53. The van der Waals surface area contributed by atoms with Gasteiger partial charge in [0.25, 0.3) is 9.84 Å². The van der Waals surface area contributed by atoms with Crippen LogP contribution in [0.15, 0.2) is 53.4 Å². The third-order valence-electron chi connectivity index (χ3n) is 4.06. The zero-order chi connectivity index (χ0) is 22.5. The van der Waals surface area contributed by atoms with Crippen molar-refractivity contribution in [2.45, 2.75) is 44.2 Å². The fourth-order valence-electron chi connectivity index (χ4n) is 2.61. The molecule has 0 aliphatic rings. The Morgan fingerprint density at radius 2 is 1.63 bits per heavy atom. The molecule has 160 valence electrons. The summed E-state index contributed by atoms with van der Waals surface area (Å²) < 4.78 is 36.7. The number of sulfone groups is 1. The molecule has 0 spiro atoms. The number of ether oxygens (including phenoxy) is 2. The van der Waals surface area contributed by atoms with Gasteiger partial charge in [-0.3, -0.25) is 0 Å². The SMILES string of the molecule is COc1ccc([C@@H](NC(=O)OC(C)(C)C)C(=[N+]=[N-])S(=O)(=O)c2ccc(C)cc2)cc1. The Morgan fingerprint density at radius 3 is 2.10 bits per heavy atom. The lowest BCUT2D eigenvalue weighted by Gasteiger charge is -2.22. The summed E-state index contributed by atoms with van der Waals surface area (Å²) in [7, 11) is -2.73. The molecular formula is C21H25N3O5S. The molecule has 1 atom stereocenters. The Morgan fingerprint density at radius 1 is 1.07 bits per heavy atom. The Kier molecular flexibility index (Phi) is 7.02. The number of benzene rings is 2. The standard InChI is InChI=1S/C21H25N3O5S/c1-14-6-12-17(13-7-14)30(26,27)19(24-22)18(23-20(25)29-21(2,3)4)15-8-10-16(28-5)11-9-15/h6-13,18H,1-5H3,(H,23,25)/t18-/m1/s1. The van der Waals surface area contributed by atoms with E-state index in [0.29, 0.717) is 11.3 Å². The predicted molar refractivity (Wildman–Crippen MR) is 112 cm³/mol. The van der Waals surface area contributed by atoms with Crippen molar-refractivity contribution in [2.24, 2.45) is 0 Å². The van der Waals surface area contributed by atoms with Crippen LogP contribution in [0.5, 0.6) is 5.75 Å². The Labute approximate surface area is 176 Å². The average Bonchev–Trinajstić information content (AvgIpc) is 2.66. The maximum atomic E-state index is 13.2. The molecule has 8 nitrogen and oxygen atoms in total. The fourth-order valence-corrected chi connectivity index (χ4v) is 3.96. The van der Waals surface area contributed by atoms with Crippen molar-refractivity contribution in [3.05, 3.63) is 65.2 Å². The molecule has 9 heteroatoms. The number of carbonyl (C=O) groups excluding carboxylic acids is 1. The molecule has 1 amide bonds. The Bertz CT molecular complexity index is 1050. The van der Waals surface area contributed by atoms with E-state index in [1.165, 1.54) is 19.2 Å². The summed E-state index contributed by atoms with van der Waals surface area (Å²) in [5.41, 5.74) is 10.1. The second kappa shape index (κ2) is 9.11. The number of hydrogen-bond acceptors (Lipinski definition) is 5. The van der Waals surface area contributed by atoms with E-state index in [1.54, 1.807) is 57.2 Å². The number of alkyl carbamates (subject to hydrolysis) is 1. The van der Waals surface area contributed by atoms with Crippen molar-refractivity contribution in [1.82, 2.24) is 5.32 Å². The molecule has 0 saturated carbocycles. The van der Waals surface area contributed by atoms with Crippen LogP contribution < -0.4 is 10.1 Å². The summed E-state index contributed by atoms with van der Waals surface area (Å²) in [4.78, 5) is 15.4. The normalized spacial score (nSPS) is 12.4. The lowest BCUT2D eigenvalue weighted by atomic mass is 10.1. The molecule has 0 unspecified atom stereocenters. The minimum absolute atomic E-state index is 0.0644. The molecule has 1 N–H and O–H groups in total. The van der Waals surface area contributed by atoms with Crippen LogP contribution in [0.2, 0.25) is 0 Å². The van der Waals surface area contributed by atoms with Gasteiger partial charge >= 0.3 is 11.1 Å². The van der Waals surface area contributed by atoms with E-state index in [-0.39, 0.29) is 4.90 Å². The van der Waals surface area contributed by atoms with Gasteiger partial charge in [-0.25, -0.2) is 13.2 Å². The molecule has 0 heterocycles. The van der Waals surface area contributed by atoms with Gasteiger partial charge in [0.15, 0.2) is 6.04 Å². The summed E-state index contributed by atoms with van der Waals surface area (Å²) in [5, 5.41) is 1.86. The van der Waals surface area contributed by atoms with E-state index in [2.05, 4.69) is 10.1 Å². The first kappa shape index (κ1) is 23.1. The van der Waals surface area contributed by atoms with E-state index in [0.717, 1.165) is 5.56 Å². The number of carbonyl (C=O) groups is 1. The number of methoxy groups -OCH3 is 1. The van der Waals surface area contributed by atoms with Crippen molar-refractivity contribution in [3.8, 4) is 5.75 Å². The quantitative estimate of drug-likeness (QED) is 0.335. The minimum Gasteiger partial charge on any atom is -0.497 e. The van der Waals surface area contributed by atoms with Gasteiger partial charge in [-0.2, -0.15) is 4.79 Å². The van der Waals surface area contributed by atoms with Crippen LogP contribution in [-0.2, 0) is 14.6 Å². The van der Waals surface area contributed by atoms with E-state index in [4.69, 9.17) is 9.47 Å². The third kappa shape index (κ3) is 5.68. The summed E-state index contributed by atoms with van der Waals surface area (Å²) in [6.45, 7) is 6.86. The van der Waals surface area contributed by atoms with Crippen LogP contribution in [0, 0.1) is 6.92 Å². The zero-order valence-corrected chi connectivity index (χ0v) is 18.4. The smallest absolute Gasteiger partial charge is 0.412 e. The van der Waals surface area contributed by atoms with Gasteiger partial charge in [-0.1, -0.05) is 29.8 Å². The molecule has 30 heavy (non-hydrogen) atoms. The molecule has 0 aliphatic heterocycles. The number of hydrogen-bond donors (Lipinski definition) is 1. The van der Waals surface area contributed by atoms with Gasteiger partial charge in [-0.15, -0.1) is 0 Å². The molecule has 0 bridgehead atoms. The molecule has 0 aromatic heterocycles. The van der Waals surface area contributed by atoms with Crippen LogP contribution in [0.4, 0.5) is 4.79 Å². The van der Waals surface area contributed by atoms with E-state index < -0.39 is 32.6 Å². The first-order valence-corrected chi connectivity index (χ1v) is 10.6. The molecular weight excluding hydrogens is 406 g/mol. The van der Waals surface area contributed by atoms with E-state index in [9.17, 15) is 18.7 Å². The van der Waals surface area contributed by atoms with Crippen LogP contribution in [0.25, 0.3) is 5.53 Å². The van der Waals surface area contributed by atoms with Gasteiger partial charge in [0.2, 0.25) is 0 Å². The molecule has 0 radical (unpaired) electrons. The largest absolute Gasteiger partial charge is 0.497 e. The molecule has 0 saturated heterocycles. The highest BCUT2D eigenvalue weighted by atomic mass is 32.2. The van der Waals surface area contributed by atoms with Gasteiger partial charge in [-0.05, 0) is 57.5 Å². The summed E-state index contributed by atoms with van der Waals surface area (Å²) in [5.74, 6) is 0.540. The van der Waals surface area contributed by atoms with Crippen molar-refractivity contribution in [3.63, 3.8) is 0 Å². The monoisotopic (exact) mass is 431 g/mol. The minimum atomic E-state index is -4.22. The average molecular weight is 432 g/mol. The van der Waals surface area contributed by atoms with Gasteiger partial charge in [0, 0.05) is 0 Å². The van der Waals surface area contributed by atoms with Gasteiger partial charge in [0.05, 0.1) is 12.0 Å². The molecule has 0 aliphatic carbocycles. The third-order valence-corrected chi connectivity index (χ3v) is 5.82. The fraction of sp³-hybridized carbons (Fsp3) is 0.333. The maximum absolute atomic E-state index is 13.2. The van der Waals surface area contributed by atoms with E-state index >= 15 is 0 Å². The second-order valence-corrected chi connectivity index (χ2v) is 9.50. The summed E-state index contributed by atoms with van der Waals surface area (Å²) in [6, 6.07) is 11.1. The van der Waals surface area contributed by atoms with Crippen molar-refractivity contribution in [2.75, 3.05) is 7.11 Å². The molecule has 2 aromatic carbocycles. The molecule has 2 aromatic rings. The zero-order valence-electron chi connectivity index (χ0n) is 17.5. The summed E-state index contributed by atoms with van der Waals surface area (Å²) >= 11 is 0.